The first-order valence-electron chi connectivity index (χ1n) is 7.00. The molecule has 1 aromatic carbocycles. The van der Waals surface area contributed by atoms with Gasteiger partial charge >= 0.3 is 0 Å². The molecule has 1 saturated heterocycles. The molecule has 1 amide bonds. The lowest BCUT2D eigenvalue weighted by Crippen LogP contribution is -2.46. The Bertz CT molecular complexity index is 544. The molecule has 1 fully saturated rings. The van der Waals surface area contributed by atoms with E-state index in [-0.39, 0.29) is 11.6 Å². The summed E-state index contributed by atoms with van der Waals surface area (Å²) in [5, 5.41) is 14.2. The Balaban J connectivity index is 2.31. The van der Waals surface area contributed by atoms with E-state index in [2.05, 4.69) is 5.32 Å². The molecule has 0 bridgehead atoms. The van der Waals surface area contributed by atoms with Gasteiger partial charge in [0.1, 0.15) is 11.4 Å². The summed E-state index contributed by atoms with van der Waals surface area (Å²) >= 11 is 0. The third kappa shape index (κ3) is 3.36. The Morgan fingerprint density at radius 1 is 1.48 bits per heavy atom. The number of benzene rings is 1. The molecule has 21 heavy (non-hydrogen) atoms. The molecule has 0 saturated carbocycles. The molecule has 0 atom stereocenters. The SMILES string of the molecule is CCN(C(=O)c1ccc(F)cc1[N+](=O)[O-])C1CCNCC1. The minimum absolute atomic E-state index is 0.0539. The molecule has 0 unspecified atom stereocenters. The van der Waals surface area contributed by atoms with Gasteiger partial charge in [0.2, 0.25) is 0 Å². The quantitative estimate of drug-likeness (QED) is 0.680. The van der Waals surface area contributed by atoms with Gasteiger partial charge in [0.25, 0.3) is 11.6 Å². The van der Waals surface area contributed by atoms with Gasteiger partial charge in [0, 0.05) is 12.6 Å². The number of hydrogen-bond donors (Lipinski definition) is 1. The van der Waals surface area contributed by atoms with Crippen molar-refractivity contribution in [2.45, 2.75) is 25.8 Å². The second kappa shape index (κ2) is 6.62. The van der Waals surface area contributed by atoms with Gasteiger partial charge in [-0.15, -0.1) is 0 Å². The molecule has 0 radical (unpaired) electrons. The fraction of sp³-hybridized carbons (Fsp3) is 0.500. The first kappa shape index (κ1) is 15.4. The smallest absolute Gasteiger partial charge is 0.285 e. The van der Waals surface area contributed by atoms with Crippen LogP contribution in [0.5, 0.6) is 0 Å². The van der Waals surface area contributed by atoms with Crippen molar-refractivity contribution in [3.8, 4) is 0 Å². The van der Waals surface area contributed by atoms with Gasteiger partial charge in [-0.25, -0.2) is 4.39 Å². The predicted molar refractivity (Wildman–Crippen MR) is 75.7 cm³/mol. The predicted octanol–water partition coefficient (Wildman–Crippen LogP) is 1.95. The molecular formula is C14H18FN3O3. The van der Waals surface area contributed by atoms with Crippen LogP contribution in [0.25, 0.3) is 0 Å². The number of piperidine rings is 1. The average molecular weight is 295 g/mol. The number of rotatable bonds is 4. The monoisotopic (exact) mass is 295 g/mol. The summed E-state index contributed by atoms with van der Waals surface area (Å²) in [6, 6.07) is 3.13. The molecule has 2 rings (SSSR count). The molecule has 0 spiro atoms. The third-order valence-corrected chi connectivity index (χ3v) is 3.74. The van der Waals surface area contributed by atoms with Crippen molar-refractivity contribution in [3.05, 3.63) is 39.7 Å². The summed E-state index contributed by atoms with van der Waals surface area (Å²) in [7, 11) is 0. The largest absolute Gasteiger partial charge is 0.336 e. The number of nitro benzene ring substituents is 1. The van der Waals surface area contributed by atoms with Gasteiger partial charge in [-0.1, -0.05) is 0 Å². The van der Waals surface area contributed by atoms with Crippen LogP contribution in [0.1, 0.15) is 30.1 Å². The minimum Gasteiger partial charge on any atom is -0.336 e. The summed E-state index contributed by atoms with van der Waals surface area (Å²) in [6.07, 6.45) is 1.63. The molecule has 114 valence electrons. The number of nitro groups is 1. The van der Waals surface area contributed by atoms with E-state index in [4.69, 9.17) is 0 Å². The molecule has 6 nitrogen and oxygen atoms in total. The molecular weight excluding hydrogens is 277 g/mol. The van der Waals surface area contributed by atoms with Gasteiger partial charge in [-0.2, -0.15) is 0 Å². The molecule has 0 aromatic heterocycles. The van der Waals surface area contributed by atoms with Crippen LogP contribution in [-0.4, -0.2) is 41.4 Å². The lowest BCUT2D eigenvalue weighted by molar-refractivity contribution is -0.385. The van der Waals surface area contributed by atoms with Gasteiger partial charge in [-0.05, 0) is 45.0 Å². The molecule has 1 heterocycles. The first-order valence-corrected chi connectivity index (χ1v) is 7.00. The summed E-state index contributed by atoms with van der Waals surface area (Å²) in [6.45, 7) is 3.95. The summed E-state index contributed by atoms with van der Waals surface area (Å²) in [5.74, 6) is -1.13. The van der Waals surface area contributed by atoms with Crippen molar-refractivity contribution in [2.24, 2.45) is 0 Å². The van der Waals surface area contributed by atoms with Gasteiger partial charge in [-0.3, -0.25) is 14.9 Å². The zero-order chi connectivity index (χ0) is 15.4. The van der Waals surface area contributed by atoms with Crippen LogP contribution in [-0.2, 0) is 0 Å². The maximum atomic E-state index is 13.2. The fourth-order valence-corrected chi connectivity index (χ4v) is 2.68. The van der Waals surface area contributed by atoms with Crippen LogP contribution >= 0.6 is 0 Å². The lowest BCUT2D eigenvalue weighted by atomic mass is 10.0. The molecule has 7 heteroatoms. The second-order valence-corrected chi connectivity index (χ2v) is 4.99. The first-order chi connectivity index (χ1) is 10.0. The van der Waals surface area contributed by atoms with Crippen molar-refractivity contribution in [2.75, 3.05) is 19.6 Å². The van der Waals surface area contributed by atoms with Crippen LogP contribution in [0, 0.1) is 15.9 Å². The van der Waals surface area contributed by atoms with Crippen LogP contribution in [0.15, 0.2) is 18.2 Å². The topological polar surface area (TPSA) is 75.5 Å². The highest BCUT2D eigenvalue weighted by Gasteiger charge is 2.29. The molecule has 1 aromatic rings. The lowest BCUT2D eigenvalue weighted by Gasteiger charge is -2.33. The Hall–Kier alpha value is -2.02. The molecule has 1 aliphatic heterocycles. The number of halogens is 1. The van der Waals surface area contributed by atoms with E-state index in [1.807, 2.05) is 6.92 Å². The van der Waals surface area contributed by atoms with Crippen molar-refractivity contribution < 1.29 is 14.1 Å². The average Bonchev–Trinajstić information content (AvgIpc) is 2.48. The van der Waals surface area contributed by atoms with E-state index >= 15 is 0 Å². The van der Waals surface area contributed by atoms with E-state index in [1.54, 1.807) is 4.90 Å². The second-order valence-electron chi connectivity index (χ2n) is 4.99. The number of carbonyl (C=O) groups is 1. The van der Waals surface area contributed by atoms with Crippen LogP contribution in [0.2, 0.25) is 0 Å². The normalized spacial score (nSPS) is 15.7. The van der Waals surface area contributed by atoms with Crippen molar-refractivity contribution in [1.82, 2.24) is 10.2 Å². The summed E-state index contributed by atoms with van der Waals surface area (Å²) in [4.78, 5) is 24.5. The molecule has 1 N–H and O–H groups in total. The van der Waals surface area contributed by atoms with Crippen LogP contribution in [0.3, 0.4) is 0 Å². The summed E-state index contributed by atoms with van der Waals surface area (Å²) < 4.78 is 13.2. The maximum Gasteiger partial charge on any atom is 0.285 e. The van der Waals surface area contributed by atoms with E-state index in [0.717, 1.165) is 38.1 Å². The van der Waals surface area contributed by atoms with Crippen LogP contribution < -0.4 is 5.32 Å². The molecule has 1 aliphatic rings. The van der Waals surface area contributed by atoms with Gasteiger partial charge in [0.05, 0.1) is 11.0 Å². The van der Waals surface area contributed by atoms with Gasteiger partial charge in [0.15, 0.2) is 0 Å². The van der Waals surface area contributed by atoms with E-state index in [9.17, 15) is 19.3 Å². The highest BCUT2D eigenvalue weighted by molar-refractivity contribution is 5.98. The van der Waals surface area contributed by atoms with Crippen molar-refractivity contribution >= 4 is 11.6 Å². The minimum atomic E-state index is -0.719. The maximum absolute atomic E-state index is 13.2. The van der Waals surface area contributed by atoms with Crippen molar-refractivity contribution in [1.29, 1.82) is 0 Å². The van der Waals surface area contributed by atoms with E-state index < -0.39 is 22.3 Å². The third-order valence-electron chi connectivity index (χ3n) is 3.74. The van der Waals surface area contributed by atoms with Crippen LogP contribution in [0.4, 0.5) is 10.1 Å². The molecule has 0 aliphatic carbocycles. The Labute approximate surface area is 122 Å². The standard InChI is InChI=1S/C14H18FN3O3/c1-2-17(11-5-7-16-8-6-11)14(19)12-4-3-10(15)9-13(12)18(20)21/h3-4,9,11,16H,2,5-8H2,1H3. The number of carbonyl (C=O) groups excluding carboxylic acids is 1. The highest BCUT2D eigenvalue weighted by Crippen LogP contribution is 2.23. The zero-order valence-corrected chi connectivity index (χ0v) is 11.8. The Morgan fingerprint density at radius 3 is 2.71 bits per heavy atom. The fourth-order valence-electron chi connectivity index (χ4n) is 2.68. The summed E-state index contributed by atoms with van der Waals surface area (Å²) in [5.41, 5.74) is -0.533. The van der Waals surface area contributed by atoms with E-state index in [0.29, 0.717) is 6.54 Å². The Morgan fingerprint density at radius 2 is 2.14 bits per heavy atom. The number of nitrogens with one attached hydrogen (secondary N) is 1. The number of nitrogens with zero attached hydrogens (tertiary/aromatic N) is 2. The van der Waals surface area contributed by atoms with Gasteiger partial charge < -0.3 is 10.2 Å². The van der Waals surface area contributed by atoms with E-state index in [1.165, 1.54) is 6.07 Å². The number of amides is 1. The Kier molecular flexibility index (Phi) is 4.85. The highest BCUT2D eigenvalue weighted by atomic mass is 19.1. The number of hydrogen-bond acceptors (Lipinski definition) is 4. The zero-order valence-electron chi connectivity index (χ0n) is 11.8. The van der Waals surface area contributed by atoms with Crippen molar-refractivity contribution in [3.63, 3.8) is 0 Å².